The summed E-state index contributed by atoms with van der Waals surface area (Å²) in [5, 5.41) is 11.4. The van der Waals surface area contributed by atoms with E-state index < -0.39 is 6.09 Å². The van der Waals surface area contributed by atoms with Gasteiger partial charge in [0, 0.05) is 62.1 Å². The lowest BCUT2D eigenvalue weighted by molar-refractivity contribution is 0.142. The molecule has 0 aliphatic carbocycles. The van der Waals surface area contributed by atoms with E-state index >= 15 is 0 Å². The van der Waals surface area contributed by atoms with Crippen molar-refractivity contribution < 1.29 is 9.90 Å². The van der Waals surface area contributed by atoms with E-state index in [4.69, 9.17) is 5.11 Å². The van der Waals surface area contributed by atoms with Gasteiger partial charge in [-0.2, -0.15) is 0 Å². The van der Waals surface area contributed by atoms with Gasteiger partial charge in [-0.3, -0.25) is 4.98 Å². The SMILES string of the molecule is Cn1c2ccncc2c2ccc(N3CCN(C(=O)O)CC3)cc21. The summed E-state index contributed by atoms with van der Waals surface area (Å²) in [5.41, 5.74) is 3.48. The molecule has 118 valence electrons. The maximum absolute atomic E-state index is 11.0. The second-order valence-corrected chi connectivity index (χ2v) is 5.91. The van der Waals surface area contributed by atoms with Crippen molar-refractivity contribution in [2.45, 2.75) is 0 Å². The second-order valence-electron chi connectivity index (χ2n) is 5.91. The van der Waals surface area contributed by atoms with Gasteiger partial charge < -0.3 is 19.5 Å². The van der Waals surface area contributed by atoms with E-state index in [2.05, 4.69) is 39.7 Å². The first-order valence-corrected chi connectivity index (χ1v) is 7.70. The molecule has 6 heteroatoms. The number of pyridine rings is 1. The van der Waals surface area contributed by atoms with E-state index in [0.717, 1.165) is 24.2 Å². The zero-order valence-corrected chi connectivity index (χ0v) is 12.9. The third-order valence-corrected chi connectivity index (χ3v) is 4.71. The Kier molecular flexibility index (Phi) is 3.11. The summed E-state index contributed by atoms with van der Waals surface area (Å²) in [6.07, 6.45) is 2.89. The minimum Gasteiger partial charge on any atom is -0.465 e. The molecule has 1 fully saturated rings. The van der Waals surface area contributed by atoms with Crippen LogP contribution in [0.2, 0.25) is 0 Å². The molecule has 6 nitrogen and oxygen atoms in total. The number of aromatic nitrogens is 2. The molecule has 0 spiro atoms. The molecule has 1 aromatic carbocycles. The predicted molar refractivity (Wildman–Crippen MR) is 90.0 cm³/mol. The van der Waals surface area contributed by atoms with Crippen molar-refractivity contribution in [2.75, 3.05) is 31.1 Å². The number of amides is 1. The first kappa shape index (κ1) is 13.9. The average molecular weight is 310 g/mol. The van der Waals surface area contributed by atoms with Crippen LogP contribution < -0.4 is 4.90 Å². The molecule has 0 atom stereocenters. The van der Waals surface area contributed by atoms with Crippen LogP contribution in [0, 0.1) is 0 Å². The first-order valence-electron chi connectivity index (χ1n) is 7.70. The Labute approximate surface area is 133 Å². The van der Waals surface area contributed by atoms with Crippen molar-refractivity contribution in [3.63, 3.8) is 0 Å². The van der Waals surface area contributed by atoms with E-state index in [9.17, 15) is 4.79 Å². The summed E-state index contributed by atoms with van der Waals surface area (Å²) in [5.74, 6) is 0. The molecule has 1 aliphatic rings. The Hall–Kier alpha value is -2.76. The lowest BCUT2D eigenvalue weighted by Crippen LogP contribution is -2.48. The summed E-state index contributed by atoms with van der Waals surface area (Å²) in [7, 11) is 2.07. The van der Waals surface area contributed by atoms with Crippen molar-refractivity contribution in [1.82, 2.24) is 14.5 Å². The lowest BCUT2D eigenvalue weighted by atomic mass is 10.1. The van der Waals surface area contributed by atoms with Crippen LogP contribution in [-0.2, 0) is 7.05 Å². The van der Waals surface area contributed by atoms with Crippen LogP contribution in [-0.4, -0.2) is 51.8 Å². The number of piperazine rings is 1. The smallest absolute Gasteiger partial charge is 0.407 e. The number of rotatable bonds is 1. The van der Waals surface area contributed by atoms with Crippen LogP contribution in [0.1, 0.15) is 0 Å². The maximum Gasteiger partial charge on any atom is 0.407 e. The standard InChI is InChI=1S/C17H18N4O2/c1-19-15-4-5-18-11-14(15)13-3-2-12(10-16(13)19)20-6-8-21(9-7-20)17(22)23/h2-5,10-11H,6-9H2,1H3,(H,22,23). The van der Waals surface area contributed by atoms with Gasteiger partial charge in [0.15, 0.2) is 0 Å². The number of anilines is 1. The zero-order valence-electron chi connectivity index (χ0n) is 12.9. The fourth-order valence-corrected chi connectivity index (χ4v) is 3.39. The highest BCUT2D eigenvalue weighted by atomic mass is 16.4. The van der Waals surface area contributed by atoms with Gasteiger partial charge in [0.25, 0.3) is 0 Å². The highest BCUT2D eigenvalue weighted by Crippen LogP contribution is 2.30. The van der Waals surface area contributed by atoms with E-state index in [0.29, 0.717) is 13.1 Å². The molecule has 1 amide bonds. The summed E-state index contributed by atoms with van der Waals surface area (Å²) in [6.45, 7) is 2.55. The van der Waals surface area contributed by atoms with Crippen molar-refractivity contribution in [2.24, 2.45) is 7.05 Å². The van der Waals surface area contributed by atoms with E-state index in [1.54, 1.807) is 0 Å². The molecule has 1 N–H and O–H groups in total. The Balaban J connectivity index is 1.71. The molecular weight excluding hydrogens is 292 g/mol. The molecule has 1 aliphatic heterocycles. The molecule has 0 bridgehead atoms. The number of hydrogen-bond acceptors (Lipinski definition) is 3. The van der Waals surface area contributed by atoms with Gasteiger partial charge >= 0.3 is 6.09 Å². The van der Waals surface area contributed by atoms with Crippen molar-refractivity contribution in [3.05, 3.63) is 36.7 Å². The first-order chi connectivity index (χ1) is 11.1. The number of benzene rings is 1. The number of aryl methyl sites for hydroxylation is 1. The number of carboxylic acid groups (broad SMARTS) is 1. The average Bonchev–Trinajstić information content (AvgIpc) is 2.88. The minimum atomic E-state index is -0.832. The van der Waals surface area contributed by atoms with Crippen LogP contribution in [0.25, 0.3) is 21.8 Å². The molecule has 4 rings (SSSR count). The summed E-state index contributed by atoms with van der Waals surface area (Å²) < 4.78 is 2.18. The van der Waals surface area contributed by atoms with Gasteiger partial charge in [-0.15, -0.1) is 0 Å². The molecule has 2 aromatic heterocycles. The predicted octanol–water partition coefficient (Wildman–Crippen LogP) is 2.53. The molecule has 3 aromatic rings. The van der Waals surface area contributed by atoms with Crippen LogP contribution in [0.5, 0.6) is 0 Å². The van der Waals surface area contributed by atoms with Crippen molar-refractivity contribution in [1.29, 1.82) is 0 Å². The zero-order chi connectivity index (χ0) is 16.0. The number of nitrogens with zero attached hydrogens (tertiary/aromatic N) is 4. The Morgan fingerprint density at radius 2 is 1.87 bits per heavy atom. The number of fused-ring (bicyclic) bond motifs is 3. The highest BCUT2D eigenvalue weighted by molar-refractivity contribution is 6.08. The Morgan fingerprint density at radius 3 is 2.61 bits per heavy atom. The molecule has 0 saturated carbocycles. The van der Waals surface area contributed by atoms with Crippen LogP contribution in [0.4, 0.5) is 10.5 Å². The molecule has 23 heavy (non-hydrogen) atoms. The fourth-order valence-electron chi connectivity index (χ4n) is 3.39. The van der Waals surface area contributed by atoms with Gasteiger partial charge in [-0.25, -0.2) is 4.79 Å². The highest BCUT2D eigenvalue weighted by Gasteiger charge is 2.21. The Bertz CT molecular complexity index is 894. The van der Waals surface area contributed by atoms with Crippen LogP contribution in [0.15, 0.2) is 36.7 Å². The molecule has 1 saturated heterocycles. The molecule has 3 heterocycles. The molecule has 0 unspecified atom stereocenters. The van der Waals surface area contributed by atoms with E-state index in [1.165, 1.54) is 21.3 Å². The van der Waals surface area contributed by atoms with Crippen LogP contribution >= 0.6 is 0 Å². The largest absolute Gasteiger partial charge is 0.465 e. The fraction of sp³-hybridized carbons (Fsp3) is 0.294. The summed E-state index contributed by atoms with van der Waals surface area (Å²) in [4.78, 5) is 19.0. The summed E-state index contributed by atoms with van der Waals surface area (Å²) in [6, 6.07) is 8.47. The molecular formula is C17H18N4O2. The van der Waals surface area contributed by atoms with Gasteiger partial charge in [0.2, 0.25) is 0 Å². The van der Waals surface area contributed by atoms with Crippen molar-refractivity contribution in [3.8, 4) is 0 Å². The molecule has 0 radical (unpaired) electrons. The van der Waals surface area contributed by atoms with E-state index in [1.807, 2.05) is 18.5 Å². The van der Waals surface area contributed by atoms with Gasteiger partial charge in [0.1, 0.15) is 0 Å². The van der Waals surface area contributed by atoms with Gasteiger partial charge in [0.05, 0.1) is 11.0 Å². The van der Waals surface area contributed by atoms with Gasteiger partial charge in [-0.1, -0.05) is 6.07 Å². The summed E-state index contributed by atoms with van der Waals surface area (Å²) >= 11 is 0. The quantitative estimate of drug-likeness (QED) is 0.750. The Morgan fingerprint density at radius 1 is 1.09 bits per heavy atom. The van der Waals surface area contributed by atoms with Crippen LogP contribution in [0.3, 0.4) is 0 Å². The number of hydrogen-bond donors (Lipinski definition) is 1. The number of carbonyl (C=O) groups is 1. The lowest BCUT2D eigenvalue weighted by Gasteiger charge is -2.34. The second kappa shape index (κ2) is 5.15. The third kappa shape index (κ3) is 2.18. The van der Waals surface area contributed by atoms with Crippen molar-refractivity contribution >= 4 is 33.6 Å². The van der Waals surface area contributed by atoms with Gasteiger partial charge in [-0.05, 0) is 18.2 Å². The monoisotopic (exact) mass is 310 g/mol. The topological polar surface area (TPSA) is 61.6 Å². The normalized spacial score (nSPS) is 15.5. The third-order valence-electron chi connectivity index (χ3n) is 4.71. The maximum atomic E-state index is 11.0. The van der Waals surface area contributed by atoms with E-state index in [-0.39, 0.29) is 0 Å². The minimum absolute atomic E-state index is 0.548.